The Bertz CT molecular complexity index is 507. The van der Waals surface area contributed by atoms with Gasteiger partial charge in [-0.15, -0.1) is 0 Å². The third-order valence-corrected chi connectivity index (χ3v) is 2.62. The van der Waals surface area contributed by atoms with Gasteiger partial charge < -0.3 is 5.73 Å². The molecule has 0 atom stereocenters. The van der Waals surface area contributed by atoms with Crippen LogP contribution in [0.4, 0.5) is 5.00 Å². The molecule has 1 heterocycles. The Morgan fingerprint density at radius 2 is 2.31 bits per heavy atom. The van der Waals surface area contributed by atoms with Crippen LogP contribution in [-0.2, 0) is 0 Å². The summed E-state index contributed by atoms with van der Waals surface area (Å²) in [6.45, 7) is 1.94. The number of hydrogen-bond acceptors (Lipinski definition) is 4. The van der Waals surface area contributed by atoms with Gasteiger partial charge in [0.05, 0.1) is 17.1 Å². The molecule has 4 heteroatoms. The highest BCUT2D eigenvalue weighted by Crippen LogP contribution is 2.28. The predicted octanol–water partition coefficient (Wildman–Crippen LogP) is 2.06. The molecule has 0 aliphatic heterocycles. The summed E-state index contributed by atoms with van der Waals surface area (Å²) >= 11 is 1.27. The lowest BCUT2D eigenvalue weighted by Gasteiger charge is -1.96. The van der Waals surface area contributed by atoms with Gasteiger partial charge >= 0.3 is 0 Å². The first-order chi connectivity index (χ1) is 6.22. The molecule has 1 aromatic carbocycles. The fourth-order valence-corrected chi connectivity index (χ4v) is 2.07. The van der Waals surface area contributed by atoms with E-state index in [0.717, 1.165) is 21.5 Å². The van der Waals surface area contributed by atoms with Gasteiger partial charge in [0, 0.05) is 5.39 Å². The zero-order chi connectivity index (χ0) is 9.42. The predicted molar refractivity (Wildman–Crippen MR) is 53.5 cm³/mol. The van der Waals surface area contributed by atoms with Crippen molar-refractivity contribution in [2.45, 2.75) is 6.92 Å². The van der Waals surface area contributed by atoms with E-state index in [1.807, 2.05) is 13.0 Å². The van der Waals surface area contributed by atoms with Crippen molar-refractivity contribution in [1.82, 2.24) is 4.37 Å². The molecule has 2 N–H and O–H groups in total. The van der Waals surface area contributed by atoms with E-state index in [1.54, 1.807) is 6.07 Å². The van der Waals surface area contributed by atoms with Crippen LogP contribution in [0, 0.1) is 18.3 Å². The van der Waals surface area contributed by atoms with Crippen molar-refractivity contribution in [2.75, 3.05) is 5.73 Å². The maximum absolute atomic E-state index is 8.72. The largest absolute Gasteiger partial charge is 0.389 e. The van der Waals surface area contributed by atoms with Crippen molar-refractivity contribution < 1.29 is 0 Å². The lowest BCUT2D eigenvalue weighted by molar-refractivity contribution is 1.45. The minimum absolute atomic E-state index is 0.635. The number of aromatic nitrogens is 1. The number of nitrogen functional groups attached to an aromatic ring is 1. The molecule has 0 saturated heterocycles. The van der Waals surface area contributed by atoms with E-state index in [9.17, 15) is 0 Å². The standard InChI is InChI=1S/C9H7N3S/c1-5-2-6(4-10)3-7-8(5)9(11)13-12-7/h2-3H,11H2,1H3. The number of fused-ring (bicyclic) bond motifs is 1. The maximum Gasteiger partial charge on any atom is 0.115 e. The smallest absolute Gasteiger partial charge is 0.115 e. The van der Waals surface area contributed by atoms with E-state index in [2.05, 4.69) is 10.4 Å². The van der Waals surface area contributed by atoms with E-state index in [-0.39, 0.29) is 0 Å². The number of hydrogen-bond donors (Lipinski definition) is 1. The van der Waals surface area contributed by atoms with Gasteiger partial charge in [-0.05, 0) is 36.2 Å². The molecule has 0 fully saturated rings. The maximum atomic E-state index is 8.72. The summed E-state index contributed by atoms with van der Waals surface area (Å²) < 4.78 is 4.15. The average molecular weight is 189 g/mol. The third-order valence-electron chi connectivity index (χ3n) is 1.93. The summed E-state index contributed by atoms with van der Waals surface area (Å²) in [7, 11) is 0. The Kier molecular flexibility index (Phi) is 1.67. The van der Waals surface area contributed by atoms with Gasteiger partial charge in [-0.1, -0.05) is 0 Å². The Morgan fingerprint density at radius 3 is 3.00 bits per heavy atom. The van der Waals surface area contributed by atoms with Crippen LogP contribution in [0.2, 0.25) is 0 Å². The monoisotopic (exact) mass is 189 g/mol. The van der Waals surface area contributed by atoms with Crippen LogP contribution in [0.15, 0.2) is 12.1 Å². The second kappa shape index (κ2) is 2.71. The number of aryl methyl sites for hydroxylation is 1. The SMILES string of the molecule is Cc1cc(C#N)cc2nsc(N)c12. The quantitative estimate of drug-likeness (QED) is 0.690. The highest BCUT2D eigenvalue weighted by Gasteiger charge is 2.06. The molecular weight excluding hydrogens is 182 g/mol. The molecule has 0 aliphatic carbocycles. The number of anilines is 1. The molecular formula is C9H7N3S. The highest BCUT2D eigenvalue weighted by atomic mass is 32.1. The van der Waals surface area contributed by atoms with Gasteiger partial charge in [0.1, 0.15) is 5.00 Å². The van der Waals surface area contributed by atoms with Crippen molar-refractivity contribution in [3.63, 3.8) is 0 Å². The van der Waals surface area contributed by atoms with Crippen molar-refractivity contribution in [3.05, 3.63) is 23.3 Å². The molecule has 1 aromatic heterocycles. The summed E-state index contributed by atoms with van der Waals surface area (Å²) in [6.07, 6.45) is 0. The molecule has 0 bridgehead atoms. The molecule has 0 unspecified atom stereocenters. The van der Waals surface area contributed by atoms with Crippen LogP contribution in [0.25, 0.3) is 10.9 Å². The fraction of sp³-hybridized carbons (Fsp3) is 0.111. The molecule has 0 aliphatic rings. The Morgan fingerprint density at radius 1 is 1.54 bits per heavy atom. The fourth-order valence-electron chi connectivity index (χ4n) is 1.37. The lowest BCUT2D eigenvalue weighted by Crippen LogP contribution is -1.84. The summed E-state index contributed by atoms with van der Waals surface area (Å²) in [5.41, 5.74) is 8.21. The van der Waals surface area contributed by atoms with E-state index < -0.39 is 0 Å². The number of benzene rings is 1. The molecule has 64 valence electrons. The topological polar surface area (TPSA) is 62.7 Å². The molecule has 0 amide bonds. The highest BCUT2D eigenvalue weighted by molar-refractivity contribution is 7.11. The van der Waals surface area contributed by atoms with Crippen LogP contribution in [-0.4, -0.2) is 4.37 Å². The van der Waals surface area contributed by atoms with Gasteiger partial charge in [-0.3, -0.25) is 0 Å². The van der Waals surface area contributed by atoms with Crippen molar-refractivity contribution in [1.29, 1.82) is 5.26 Å². The minimum atomic E-state index is 0.635. The van der Waals surface area contributed by atoms with Crippen LogP contribution < -0.4 is 5.73 Å². The molecule has 3 nitrogen and oxygen atoms in total. The van der Waals surface area contributed by atoms with E-state index in [4.69, 9.17) is 11.0 Å². The first-order valence-corrected chi connectivity index (χ1v) is 4.55. The summed E-state index contributed by atoms with van der Waals surface area (Å²) in [6, 6.07) is 5.68. The van der Waals surface area contributed by atoms with Gasteiger partial charge in [0.2, 0.25) is 0 Å². The van der Waals surface area contributed by atoms with Crippen molar-refractivity contribution in [3.8, 4) is 6.07 Å². The summed E-state index contributed by atoms with van der Waals surface area (Å²) in [4.78, 5) is 0. The molecule has 0 radical (unpaired) electrons. The second-order valence-electron chi connectivity index (χ2n) is 2.85. The zero-order valence-corrected chi connectivity index (χ0v) is 7.85. The van der Waals surface area contributed by atoms with Crippen LogP contribution in [0.1, 0.15) is 11.1 Å². The summed E-state index contributed by atoms with van der Waals surface area (Å²) in [5.74, 6) is 0. The normalized spacial score (nSPS) is 10.2. The van der Waals surface area contributed by atoms with Crippen LogP contribution in [0.5, 0.6) is 0 Å². The second-order valence-corrected chi connectivity index (χ2v) is 3.65. The number of nitrogens with zero attached hydrogens (tertiary/aromatic N) is 2. The van der Waals surface area contributed by atoms with Gasteiger partial charge in [-0.25, -0.2) is 0 Å². The first kappa shape index (κ1) is 8.02. The molecule has 0 saturated carbocycles. The number of rotatable bonds is 0. The molecule has 13 heavy (non-hydrogen) atoms. The van der Waals surface area contributed by atoms with Crippen LogP contribution in [0.3, 0.4) is 0 Å². The van der Waals surface area contributed by atoms with E-state index >= 15 is 0 Å². The van der Waals surface area contributed by atoms with Crippen LogP contribution >= 0.6 is 11.5 Å². The summed E-state index contributed by atoms with van der Waals surface area (Å²) in [5, 5.41) is 10.4. The van der Waals surface area contributed by atoms with Gasteiger partial charge in [-0.2, -0.15) is 9.64 Å². The minimum Gasteiger partial charge on any atom is -0.389 e. The van der Waals surface area contributed by atoms with Gasteiger partial charge in [0.15, 0.2) is 0 Å². The number of nitrogens with two attached hydrogens (primary N) is 1. The van der Waals surface area contributed by atoms with Crippen molar-refractivity contribution in [2.24, 2.45) is 0 Å². The molecule has 2 rings (SSSR count). The van der Waals surface area contributed by atoms with Gasteiger partial charge in [0.25, 0.3) is 0 Å². The number of nitriles is 1. The zero-order valence-electron chi connectivity index (χ0n) is 7.03. The average Bonchev–Trinajstić information content (AvgIpc) is 2.48. The Labute approximate surface area is 79.6 Å². The Hall–Kier alpha value is -1.60. The third kappa shape index (κ3) is 1.14. The lowest BCUT2D eigenvalue weighted by atomic mass is 10.1. The Balaban J connectivity index is 2.89. The van der Waals surface area contributed by atoms with E-state index in [1.165, 1.54) is 11.5 Å². The van der Waals surface area contributed by atoms with E-state index in [0.29, 0.717) is 5.56 Å². The molecule has 0 spiro atoms. The molecule has 2 aromatic rings. The first-order valence-electron chi connectivity index (χ1n) is 3.78. The van der Waals surface area contributed by atoms with Crippen molar-refractivity contribution >= 4 is 27.4 Å².